The Balaban J connectivity index is 1.72. The number of carbonyl (C=O) groups is 2. The van der Waals surface area contributed by atoms with Crippen LogP contribution >= 0.6 is 0 Å². The van der Waals surface area contributed by atoms with Gasteiger partial charge in [-0.3, -0.25) is 4.79 Å². The van der Waals surface area contributed by atoms with E-state index in [2.05, 4.69) is 5.16 Å². The molecule has 9 nitrogen and oxygen atoms in total. The summed E-state index contributed by atoms with van der Waals surface area (Å²) in [4.78, 5) is 23.5. The SMILES string of the molecule is COc1cc(C(=O)OCc2cc(-c3ccccc3)no2)cc(OC)c1OCC(N)=O. The van der Waals surface area contributed by atoms with Gasteiger partial charge >= 0.3 is 5.97 Å². The lowest BCUT2D eigenvalue weighted by molar-refractivity contribution is -0.120. The summed E-state index contributed by atoms with van der Waals surface area (Å²) >= 11 is 0. The molecule has 1 heterocycles. The van der Waals surface area contributed by atoms with E-state index < -0.39 is 11.9 Å². The first-order valence-corrected chi connectivity index (χ1v) is 8.87. The first-order valence-electron chi connectivity index (χ1n) is 8.87. The third-order valence-electron chi connectivity index (χ3n) is 4.03. The molecule has 9 heteroatoms. The minimum atomic E-state index is -0.662. The molecule has 2 aromatic carbocycles. The smallest absolute Gasteiger partial charge is 0.338 e. The van der Waals surface area contributed by atoms with Gasteiger partial charge in [-0.25, -0.2) is 4.79 Å². The van der Waals surface area contributed by atoms with Crippen molar-refractivity contribution in [3.05, 3.63) is 59.9 Å². The fourth-order valence-corrected chi connectivity index (χ4v) is 2.63. The largest absolute Gasteiger partial charge is 0.493 e. The van der Waals surface area contributed by atoms with Crippen molar-refractivity contribution >= 4 is 11.9 Å². The van der Waals surface area contributed by atoms with Gasteiger partial charge in [-0.05, 0) is 12.1 Å². The van der Waals surface area contributed by atoms with Crippen molar-refractivity contribution in [2.24, 2.45) is 5.73 Å². The first-order chi connectivity index (χ1) is 14.5. The molecule has 0 aliphatic carbocycles. The number of ether oxygens (including phenoxy) is 4. The van der Waals surface area contributed by atoms with Crippen molar-refractivity contribution < 1.29 is 33.1 Å². The second-order valence-electron chi connectivity index (χ2n) is 6.09. The van der Waals surface area contributed by atoms with Gasteiger partial charge in [0.2, 0.25) is 5.75 Å². The van der Waals surface area contributed by atoms with Gasteiger partial charge in [-0.15, -0.1) is 0 Å². The molecule has 0 fully saturated rings. The summed E-state index contributed by atoms with van der Waals surface area (Å²) in [6.45, 7) is -0.477. The Morgan fingerprint density at radius 3 is 2.30 bits per heavy atom. The summed E-state index contributed by atoms with van der Waals surface area (Å²) in [5, 5.41) is 3.98. The molecule has 30 heavy (non-hydrogen) atoms. The Hall–Kier alpha value is -4.01. The van der Waals surface area contributed by atoms with Crippen LogP contribution in [-0.4, -0.2) is 37.9 Å². The van der Waals surface area contributed by atoms with E-state index in [4.69, 9.17) is 29.2 Å². The summed E-state index contributed by atoms with van der Waals surface area (Å²) in [6, 6.07) is 14.0. The molecule has 2 N–H and O–H groups in total. The molecule has 0 saturated carbocycles. The highest BCUT2D eigenvalue weighted by atomic mass is 16.6. The molecule has 0 atom stereocenters. The Bertz CT molecular complexity index is 1010. The number of benzene rings is 2. The third-order valence-corrected chi connectivity index (χ3v) is 4.03. The number of nitrogens with zero attached hydrogens (tertiary/aromatic N) is 1. The van der Waals surface area contributed by atoms with Crippen molar-refractivity contribution in [1.29, 1.82) is 0 Å². The fraction of sp³-hybridized carbons (Fsp3) is 0.190. The Morgan fingerprint density at radius 1 is 1.03 bits per heavy atom. The standard InChI is InChI=1S/C21H20N2O7/c1-26-17-8-14(9-18(27-2)20(17)28-12-19(22)24)21(25)29-11-15-10-16(23-30-15)13-6-4-3-5-7-13/h3-10H,11-12H2,1-2H3,(H2,22,24). The molecule has 156 valence electrons. The molecule has 0 aliphatic rings. The summed E-state index contributed by atoms with van der Waals surface area (Å²) in [7, 11) is 2.78. The molecule has 1 amide bonds. The molecular weight excluding hydrogens is 392 g/mol. The zero-order chi connectivity index (χ0) is 21.5. The Labute approximate surface area is 172 Å². The molecular formula is C21H20N2O7. The number of rotatable bonds is 9. The van der Waals surface area contributed by atoms with Crippen LogP contribution in [0.1, 0.15) is 16.1 Å². The predicted octanol–water partition coefficient (Wildman–Crippen LogP) is 2.58. The second kappa shape index (κ2) is 9.46. The van der Waals surface area contributed by atoms with Gasteiger partial charge in [0.25, 0.3) is 5.91 Å². The lowest BCUT2D eigenvalue weighted by Crippen LogP contribution is -2.20. The van der Waals surface area contributed by atoms with Gasteiger partial charge in [0.05, 0.1) is 19.8 Å². The quantitative estimate of drug-likeness (QED) is 0.532. The molecule has 3 aromatic rings. The molecule has 1 aromatic heterocycles. The van der Waals surface area contributed by atoms with Crippen LogP contribution in [0, 0.1) is 0 Å². The maximum Gasteiger partial charge on any atom is 0.338 e. The fourth-order valence-electron chi connectivity index (χ4n) is 2.63. The van der Waals surface area contributed by atoms with Crippen molar-refractivity contribution in [1.82, 2.24) is 5.16 Å². The number of primary amides is 1. The maximum absolute atomic E-state index is 12.5. The number of carbonyl (C=O) groups excluding carboxylic acids is 2. The number of methoxy groups -OCH3 is 2. The van der Waals surface area contributed by atoms with Crippen LogP contribution in [0.3, 0.4) is 0 Å². The van der Waals surface area contributed by atoms with E-state index in [0.717, 1.165) is 5.56 Å². The Kier molecular flexibility index (Phi) is 6.53. The lowest BCUT2D eigenvalue weighted by atomic mass is 10.1. The van der Waals surface area contributed by atoms with Crippen LogP contribution in [0.4, 0.5) is 0 Å². The summed E-state index contributed by atoms with van der Waals surface area (Å²) in [6.07, 6.45) is 0. The minimum Gasteiger partial charge on any atom is -0.493 e. The highest BCUT2D eigenvalue weighted by Crippen LogP contribution is 2.38. The van der Waals surface area contributed by atoms with Crippen LogP contribution in [0.15, 0.2) is 53.1 Å². The van der Waals surface area contributed by atoms with E-state index in [-0.39, 0.29) is 36.0 Å². The topological polar surface area (TPSA) is 123 Å². The Morgan fingerprint density at radius 2 is 1.70 bits per heavy atom. The van der Waals surface area contributed by atoms with E-state index >= 15 is 0 Å². The normalized spacial score (nSPS) is 10.3. The number of hydrogen-bond acceptors (Lipinski definition) is 8. The van der Waals surface area contributed by atoms with Gasteiger partial charge in [0.15, 0.2) is 30.5 Å². The van der Waals surface area contributed by atoms with Crippen molar-refractivity contribution in [2.75, 3.05) is 20.8 Å². The van der Waals surface area contributed by atoms with Crippen LogP contribution in [0.2, 0.25) is 0 Å². The molecule has 0 unspecified atom stereocenters. The maximum atomic E-state index is 12.5. The van der Waals surface area contributed by atoms with E-state index in [1.54, 1.807) is 6.07 Å². The van der Waals surface area contributed by atoms with E-state index in [0.29, 0.717) is 11.5 Å². The number of aromatic nitrogens is 1. The van der Waals surface area contributed by atoms with Crippen LogP contribution in [0.25, 0.3) is 11.3 Å². The van der Waals surface area contributed by atoms with E-state index in [1.807, 2.05) is 30.3 Å². The van der Waals surface area contributed by atoms with Gasteiger partial charge < -0.3 is 29.2 Å². The highest BCUT2D eigenvalue weighted by molar-refractivity contribution is 5.91. The number of esters is 1. The molecule has 0 bridgehead atoms. The number of amides is 1. The first kappa shape index (κ1) is 20.7. The summed E-state index contributed by atoms with van der Waals surface area (Å²) in [5.41, 5.74) is 6.79. The molecule has 3 rings (SSSR count). The van der Waals surface area contributed by atoms with E-state index in [9.17, 15) is 9.59 Å². The highest BCUT2D eigenvalue weighted by Gasteiger charge is 2.20. The molecule has 0 spiro atoms. The monoisotopic (exact) mass is 412 g/mol. The van der Waals surface area contributed by atoms with Crippen LogP contribution in [-0.2, 0) is 16.1 Å². The predicted molar refractivity (Wildman–Crippen MR) is 105 cm³/mol. The average Bonchev–Trinajstić information content (AvgIpc) is 3.25. The minimum absolute atomic E-state index is 0.108. The second-order valence-corrected chi connectivity index (χ2v) is 6.09. The average molecular weight is 412 g/mol. The summed E-state index contributed by atoms with van der Waals surface area (Å²) in [5.74, 6) is -0.377. The van der Waals surface area contributed by atoms with Crippen molar-refractivity contribution in [3.8, 4) is 28.5 Å². The van der Waals surface area contributed by atoms with Gasteiger partial charge in [-0.2, -0.15) is 0 Å². The molecule has 0 aliphatic heterocycles. The number of nitrogens with two attached hydrogens (primary N) is 1. The summed E-state index contributed by atoms with van der Waals surface area (Å²) < 4.78 is 26.3. The zero-order valence-corrected chi connectivity index (χ0v) is 16.4. The van der Waals surface area contributed by atoms with E-state index in [1.165, 1.54) is 26.4 Å². The van der Waals surface area contributed by atoms with Crippen LogP contribution < -0.4 is 19.9 Å². The van der Waals surface area contributed by atoms with Gasteiger partial charge in [-0.1, -0.05) is 35.5 Å². The zero-order valence-electron chi connectivity index (χ0n) is 16.4. The molecule has 0 radical (unpaired) electrons. The van der Waals surface area contributed by atoms with Gasteiger partial charge in [0.1, 0.15) is 5.69 Å². The van der Waals surface area contributed by atoms with Gasteiger partial charge in [0, 0.05) is 11.6 Å². The molecule has 0 saturated heterocycles. The van der Waals surface area contributed by atoms with Crippen molar-refractivity contribution in [2.45, 2.75) is 6.61 Å². The number of hydrogen-bond donors (Lipinski definition) is 1. The third kappa shape index (κ3) is 4.88. The van der Waals surface area contributed by atoms with Crippen molar-refractivity contribution in [3.63, 3.8) is 0 Å². The lowest BCUT2D eigenvalue weighted by Gasteiger charge is -2.15. The van der Waals surface area contributed by atoms with Crippen LogP contribution in [0.5, 0.6) is 17.2 Å².